The van der Waals surface area contributed by atoms with E-state index in [-0.39, 0.29) is 5.91 Å². The number of furan rings is 1. The minimum atomic E-state index is -0.0397. The number of fused-ring (bicyclic) bond motifs is 1. The van der Waals surface area contributed by atoms with Gasteiger partial charge < -0.3 is 9.73 Å². The summed E-state index contributed by atoms with van der Waals surface area (Å²) in [7, 11) is 0. The summed E-state index contributed by atoms with van der Waals surface area (Å²) in [5, 5.41) is 3.90. The molecule has 2 aromatic carbocycles. The lowest BCUT2D eigenvalue weighted by atomic mass is 10.1. The molecule has 1 amide bonds. The molecule has 20 heavy (non-hydrogen) atoms. The van der Waals surface area contributed by atoms with Gasteiger partial charge in [-0.2, -0.15) is 0 Å². The third-order valence-corrected chi connectivity index (χ3v) is 3.21. The molecule has 0 aliphatic carbocycles. The van der Waals surface area contributed by atoms with Crippen molar-refractivity contribution in [1.29, 1.82) is 0 Å². The van der Waals surface area contributed by atoms with Gasteiger partial charge in [-0.05, 0) is 30.7 Å². The predicted octanol–water partition coefficient (Wildman–Crippen LogP) is 3.92. The fourth-order valence-electron chi connectivity index (χ4n) is 2.27. The fraction of sp³-hybridized carbons (Fsp3) is 0.118. The van der Waals surface area contributed by atoms with E-state index < -0.39 is 0 Å². The van der Waals surface area contributed by atoms with Crippen LogP contribution in [0.15, 0.2) is 59.2 Å². The quantitative estimate of drug-likeness (QED) is 0.779. The van der Waals surface area contributed by atoms with Crippen molar-refractivity contribution < 1.29 is 9.21 Å². The zero-order valence-electron chi connectivity index (χ0n) is 11.2. The van der Waals surface area contributed by atoms with Gasteiger partial charge in [-0.25, -0.2) is 0 Å². The van der Waals surface area contributed by atoms with E-state index in [2.05, 4.69) is 5.32 Å². The Morgan fingerprint density at radius 2 is 2.00 bits per heavy atom. The van der Waals surface area contributed by atoms with Crippen LogP contribution in [0.1, 0.15) is 11.1 Å². The first-order valence-electron chi connectivity index (χ1n) is 6.54. The Kier molecular flexibility index (Phi) is 3.25. The van der Waals surface area contributed by atoms with Crippen LogP contribution in [0.2, 0.25) is 0 Å². The van der Waals surface area contributed by atoms with E-state index in [1.165, 1.54) is 0 Å². The van der Waals surface area contributed by atoms with Crippen LogP contribution in [-0.4, -0.2) is 5.91 Å². The third kappa shape index (κ3) is 2.57. The van der Waals surface area contributed by atoms with E-state index in [4.69, 9.17) is 4.42 Å². The third-order valence-electron chi connectivity index (χ3n) is 3.21. The second-order valence-electron chi connectivity index (χ2n) is 4.85. The molecule has 1 N–H and O–H groups in total. The normalized spacial score (nSPS) is 10.7. The summed E-state index contributed by atoms with van der Waals surface area (Å²) in [6.07, 6.45) is 1.96. The molecule has 0 saturated heterocycles. The first kappa shape index (κ1) is 12.5. The number of carbonyl (C=O) groups excluding carboxylic acids is 1. The molecule has 3 aromatic rings. The van der Waals surface area contributed by atoms with E-state index in [1.54, 1.807) is 6.26 Å². The number of para-hydroxylation sites is 1. The van der Waals surface area contributed by atoms with Crippen LogP contribution in [0.4, 0.5) is 5.69 Å². The average molecular weight is 265 g/mol. The van der Waals surface area contributed by atoms with Crippen LogP contribution in [0, 0.1) is 6.92 Å². The summed E-state index contributed by atoms with van der Waals surface area (Å²) in [5.74, 6) is -0.0397. The molecule has 1 heterocycles. The summed E-state index contributed by atoms with van der Waals surface area (Å²) in [6, 6.07) is 15.5. The second-order valence-corrected chi connectivity index (χ2v) is 4.85. The smallest absolute Gasteiger partial charge is 0.228 e. The predicted molar refractivity (Wildman–Crippen MR) is 79.7 cm³/mol. The molecule has 0 bridgehead atoms. The van der Waals surface area contributed by atoms with E-state index in [1.807, 2.05) is 55.5 Å². The van der Waals surface area contributed by atoms with Crippen molar-refractivity contribution >= 4 is 22.6 Å². The Hall–Kier alpha value is -2.55. The summed E-state index contributed by atoms with van der Waals surface area (Å²) in [6.45, 7) is 2.00. The minimum absolute atomic E-state index is 0.0397. The lowest BCUT2D eigenvalue weighted by Crippen LogP contribution is -2.14. The SMILES string of the molecule is Cc1cccc(NC(=O)Cc2coc3ccccc23)c1. The van der Waals surface area contributed by atoms with Gasteiger partial charge in [0.1, 0.15) is 5.58 Å². The fourth-order valence-corrected chi connectivity index (χ4v) is 2.27. The van der Waals surface area contributed by atoms with E-state index in [9.17, 15) is 4.79 Å². The highest BCUT2D eigenvalue weighted by Crippen LogP contribution is 2.21. The van der Waals surface area contributed by atoms with Crippen molar-refractivity contribution in [2.75, 3.05) is 5.32 Å². The molecule has 0 saturated carbocycles. The highest BCUT2D eigenvalue weighted by Gasteiger charge is 2.10. The highest BCUT2D eigenvalue weighted by atomic mass is 16.3. The number of amides is 1. The van der Waals surface area contributed by atoms with Gasteiger partial charge in [0.25, 0.3) is 0 Å². The number of nitrogens with one attached hydrogen (secondary N) is 1. The Balaban J connectivity index is 1.76. The Labute approximate surface area is 117 Å². The molecule has 100 valence electrons. The van der Waals surface area contributed by atoms with Crippen molar-refractivity contribution in [3.63, 3.8) is 0 Å². The van der Waals surface area contributed by atoms with E-state index in [0.717, 1.165) is 27.8 Å². The first-order valence-corrected chi connectivity index (χ1v) is 6.54. The van der Waals surface area contributed by atoms with Gasteiger partial charge in [0.15, 0.2) is 0 Å². The second kappa shape index (κ2) is 5.21. The minimum Gasteiger partial charge on any atom is -0.464 e. The van der Waals surface area contributed by atoms with Gasteiger partial charge >= 0.3 is 0 Å². The molecular formula is C17H15NO2. The van der Waals surface area contributed by atoms with Gasteiger partial charge in [-0.15, -0.1) is 0 Å². The highest BCUT2D eigenvalue weighted by molar-refractivity contribution is 5.95. The molecule has 3 heteroatoms. The van der Waals surface area contributed by atoms with Crippen LogP contribution in [-0.2, 0) is 11.2 Å². The van der Waals surface area contributed by atoms with Crippen LogP contribution < -0.4 is 5.32 Å². The van der Waals surface area contributed by atoms with Crippen LogP contribution >= 0.6 is 0 Å². The van der Waals surface area contributed by atoms with E-state index >= 15 is 0 Å². The van der Waals surface area contributed by atoms with Gasteiger partial charge in [-0.3, -0.25) is 4.79 Å². The number of rotatable bonds is 3. The maximum Gasteiger partial charge on any atom is 0.228 e. The Bertz CT molecular complexity index is 758. The molecule has 0 unspecified atom stereocenters. The topological polar surface area (TPSA) is 42.2 Å². The van der Waals surface area contributed by atoms with Crippen molar-refractivity contribution in [2.45, 2.75) is 13.3 Å². The van der Waals surface area contributed by atoms with Crippen molar-refractivity contribution in [3.8, 4) is 0 Å². The van der Waals surface area contributed by atoms with E-state index in [0.29, 0.717) is 6.42 Å². The number of benzene rings is 2. The molecule has 0 atom stereocenters. The standard InChI is InChI=1S/C17H15NO2/c1-12-5-4-6-14(9-12)18-17(19)10-13-11-20-16-8-3-2-7-15(13)16/h2-9,11H,10H2,1H3,(H,18,19). The van der Waals surface area contributed by atoms with Crippen LogP contribution in [0.5, 0.6) is 0 Å². The number of carbonyl (C=O) groups is 1. The van der Waals surface area contributed by atoms with Crippen molar-refractivity contribution in [3.05, 3.63) is 65.9 Å². The van der Waals surface area contributed by atoms with Gasteiger partial charge in [-0.1, -0.05) is 30.3 Å². The number of hydrogen-bond acceptors (Lipinski definition) is 2. The zero-order chi connectivity index (χ0) is 13.9. The summed E-state index contributed by atoms with van der Waals surface area (Å²) >= 11 is 0. The molecular weight excluding hydrogens is 250 g/mol. The average Bonchev–Trinajstić information content (AvgIpc) is 2.82. The van der Waals surface area contributed by atoms with Crippen molar-refractivity contribution in [2.24, 2.45) is 0 Å². The molecule has 0 radical (unpaired) electrons. The molecule has 3 nitrogen and oxygen atoms in total. The van der Waals surface area contributed by atoms with Gasteiger partial charge in [0.05, 0.1) is 12.7 Å². The molecule has 1 aromatic heterocycles. The lowest BCUT2D eigenvalue weighted by molar-refractivity contribution is -0.115. The molecule has 0 fully saturated rings. The maximum atomic E-state index is 12.1. The summed E-state index contributed by atoms with van der Waals surface area (Å²) in [5.41, 5.74) is 3.66. The molecule has 0 aliphatic heterocycles. The van der Waals surface area contributed by atoms with Gasteiger partial charge in [0, 0.05) is 16.6 Å². The number of aryl methyl sites for hydroxylation is 1. The summed E-state index contributed by atoms with van der Waals surface area (Å²) in [4.78, 5) is 12.1. The lowest BCUT2D eigenvalue weighted by Gasteiger charge is -2.05. The molecule has 3 rings (SSSR count). The summed E-state index contributed by atoms with van der Waals surface area (Å²) < 4.78 is 5.44. The number of anilines is 1. The largest absolute Gasteiger partial charge is 0.464 e. The molecule has 0 spiro atoms. The molecule has 0 aliphatic rings. The Morgan fingerprint density at radius 3 is 2.85 bits per heavy atom. The monoisotopic (exact) mass is 265 g/mol. The van der Waals surface area contributed by atoms with Crippen LogP contribution in [0.3, 0.4) is 0 Å². The van der Waals surface area contributed by atoms with Crippen molar-refractivity contribution in [1.82, 2.24) is 0 Å². The van der Waals surface area contributed by atoms with Gasteiger partial charge in [0.2, 0.25) is 5.91 Å². The maximum absolute atomic E-state index is 12.1. The Morgan fingerprint density at radius 1 is 1.15 bits per heavy atom. The van der Waals surface area contributed by atoms with Crippen LogP contribution in [0.25, 0.3) is 11.0 Å². The zero-order valence-corrected chi connectivity index (χ0v) is 11.2. The first-order chi connectivity index (χ1) is 9.72. The number of hydrogen-bond donors (Lipinski definition) is 1.